The smallest absolute Gasteiger partial charge is 0.310 e. The summed E-state index contributed by atoms with van der Waals surface area (Å²) in [6.07, 6.45) is 0.510. The Kier molecular flexibility index (Phi) is 6.69. The number of nitrogens with zero attached hydrogens (tertiary/aromatic N) is 1. The minimum absolute atomic E-state index is 0.0196. The van der Waals surface area contributed by atoms with E-state index >= 15 is 0 Å². The van der Waals surface area contributed by atoms with Crippen LogP contribution in [0.4, 0.5) is 0 Å². The Morgan fingerprint density at radius 1 is 1.03 bits per heavy atom. The topological polar surface area (TPSA) is 80.8 Å². The van der Waals surface area contributed by atoms with Crippen LogP contribution >= 0.6 is 0 Å². The van der Waals surface area contributed by atoms with E-state index in [0.717, 1.165) is 16.7 Å². The maximum Gasteiger partial charge on any atom is 0.310 e. The highest BCUT2D eigenvalue weighted by molar-refractivity contribution is 7.91. The molecule has 7 heteroatoms. The SMILES string of the molecule is CCN(C(=O)COC(=O)Cc1ccc(-c2ccccc2)cc1)[C@H]1CCS(=O)(=O)C1. The maximum atomic E-state index is 12.4. The van der Waals surface area contributed by atoms with E-state index in [4.69, 9.17) is 4.74 Å². The normalized spacial score (nSPS) is 17.6. The van der Waals surface area contributed by atoms with E-state index < -0.39 is 15.8 Å². The Bertz CT molecular complexity index is 954. The van der Waals surface area contributed by atoms with Gasteiger partial charge in [0.1, 0.15) is 0 Å². The molecule has 154 valence electrons. The van der Waals surface area contributed by atoms with Crippen molar-refractivity contribution in [2.24, 2.45) is 0 Å². The van der Waals surface area contributed by atoms with E-state index in [1.54, 1.807) is 6.92 Å². The van der Waals surface area contributed by atoms with E-state index in [0.29, 0.717) is 13.0 Å². The molecule has 6 nitrogen and oxygen atoms in total. The van der Waals surface area contributed by atoms with Gasteiger partial charge in [0.25, 0.3) is 5.91 Å². The molecule has 0 aromatic heterocycles. The Morgan fingerprint density at radius 3 is 2.28 bits per heavy atom. The summed E-state index contributed by atoms with van der Waals surface area (Å²) in [5, 5.41) is 0. The quantitative estimate of drug-likeness (QED) is 0.649. The lowest BCUT2D eigenvalue weighted by molar-refractivity contribution is -0.152. The van der Waals surface area contributed by atoms with Crippen LogP contribution in [-0.2, 0) is 30.6 Å². The first-order valence-corrected chi connectivity index (χ1v) is 11.5. The van der Waals surface area contributed by atoms with Gasteiger partial charge in [-0.05, 0) is 30.0 Å². The Morgan fingerprint density at radius 2 is 1.69 bits per heavy atom. The summed E-state index contributed by atoms with van der Waals surface area (Å²) in [5.41, 5.74) is 2.96. The van der Waals surface area contributed by atoms with E-state index in [1.165, 1.54) is 4.90 Å². The van der Waals surface area contributed by atoms with Gasteiger partial charge in [0.05, 0.1) is 17.9 Å². The molecule has 0 bridgehead atoms. The van der Waals surface area contributed by atoms with Crippen LogP contribution in [0, 0.1) is 0 Å². The summed E-state index contributed by atoms with van der Waals surface area (Å²) < 4.78 is 28.4. The predicted octanol–water partition coefficient (Wildman–Crippen LogP) is 2.47. The zero-order chi connectivity index (χ0) is 20.9. The molecule has 3 rings (SSSR count). The number of amides is 1. The molecule has 2 aromatic rings. The summed E-state index contributed by atoms with van der Waals surface area (Å²) in [7, 11) is -3.08. The van der Waals surface area contributed by atoms with Crippen molar-refractivity contribution in [3.63, 3.8) is 0 Å². The first-order valence-electron chi connectivity index (χ1n) is 9.68. The fraction of sp³-hybridized carbons (Fsp3) is 0.364. The molecular weight excluding hydrogens is 390 g/mol. The highest BCUT2D eigenvalue weighted by Gasteiger charge is 2.34. The van der Waals surface area contributed by atoms with Gasteiger partial charge in [-0.15, -0.1) is 0 Å². The number of hydrogen-bond acceptors (Lipinski definition) is 5. The molecule has 1 fully saturated rings. The second kappa shape index (κ2) is 9.22. The Labute approximate surface area is 171 Å². The van der Waals surface area contributed by atoms with Crippen LogP contribution in [-0.4, -0.2) is 55.9 Å². The zero-order valence-electron chi connectivity index (χ0n) is 16.4. The van der Waals surface area contributed by atoms with Gasteiger partial charge < -0.3 is 9.64 Å². The summed E-state index contributed by atoms with van der Waals surface area (Å²) >= 11 is 0. The van der Waals surface area contributed by atoms with Crippen molar-refractivity contribution in [3.05, 3.63) is 60.2 Å². The van der Waals surface area contributed by atoms with Crippen LogP contribution in [0.1, 0.15) is 18.9 Å². The van der Waals surface area contributed by atoms with Crippen LogP contribution in [0.25, 0.3) is 11.1 Å². The van der Waals surface area contributed by atoms with Gasteiger partial charge in [0.2, 0.25) is 0 Å². The lowest BCUT2D eigenvalue weighted by atomic mass is 10.0. The summed E-state index contributed by atoms with van der Waals surface area (Å²) in [6, 6.07) is 17.2. The van der Waals surface area contributed by atoms with Crippen molar-refractivity contribution < 1.29 is 22.7 Å². The van der Waals surface area contributed by atoms with Crippen molar-refractivity contribution >= 4 is 21.7 Å². The number of hydrogen-bond donors (Lipinski definition) is 0. The fourth-order valence-electron chi connectivity index (χ4n) is 3.55. The molecule has 1 aliphatic heterocycles. The van der Waals surface area contributed by atoms with Gasteiger partial charge in [-0.3, -0.25) is 9.59 Å². The fourth-order valence-corrected chi connectivity index (χ4v) is 5.28. The first kappa shape index (κ1) is 21.0. The molecule has 2 aromatic carbocycles. The Hall–Kier alpha value is -2.67. The molecule has 0 aliphatic carbocycles. The number of sulfone groups is 1. The lowest BCUT2D eigenvalue weighted by Crippen LogP contribution is -2.43. The highest BCUT2D eigenvalue weighted by Crippen LogP contribution is 2.20. The summed E-state index contributed by atoms with van der Waals surface area (Å²) in [5.74, 6) is -0.766. The third-order valence-corrected chi connectivity index (χ3v) is 6.83. The van der Waals surface area contributed by atoms with Crippen molar-refractivity contribution in [2.45, 2.75) is 25.8 Å². The predicted molar refractivity (Wildman–Crippen MR) is 111 cm³/mol. The van der Waals surface area contributed by atoms with Gasteiger partial charge >= 0.3 is 5.97 Å². The van der Waals surface area contributed by atoms with Crippen molar-refractivity contribution in [1.82, 2.24) is 4.90 Å². The average molecular weight is 416 g/mol. The molecule has 1 atom stereocenters. The zero-order valence-corrected chi connectivity index (χ0v) is 17.2. The third kappa shape index (κ3) is 5.67. The van der Waals surface area contributed by atoms with Gasteiger partial charge in [0, 0.05) is 12.6 Å². The molecule has 0 spiro atoms. The van der Waals surface area contributed by atoms with Gasteiger partial charge in [-0.1, -0.05) is 54.6 Å². The van der Waals surface area contributed by atoms with Crippen molar-refractivity contribution in [2.75, 3.05) is 24.7 Å². The molecule has 1 amide bonds. The summed E-state index contributed by atoms with van der Waals surface area (Å²) in [4.78, 5) is 26.0. The largest absolute Gasteiger partial charge is 0.455 e. The van der Waals surface area contributed by atoms with E-state index in [-0.39, 0.29) is 36.5 Å². The number of likely N-dealkylation sites (N-methyl/N-ethyl adjacent to an activating group) is 1. The minimum atomic E-state index is -3.08. The number of ether oxygens (including phenoxy) is 1. The Balaban J connectivity index is 1.51. The second-order valence-electron chi connectivity index (χ2n) is 7.14. The molecule has 0 N–H and O–H groups in total. The van der Waals surface area contributed by atoms with Crippen LogP contribution in [0.15, 0.2) is 54.6 Å². The van der Waals surface area contributed by atoms with Gasteiger partial charge in [-0.25, -0.2) is 8.42 Å². The number of carbonyl (C=O) groups is 2. The molecule has 1 heterocycles. The first-order chi connectivity index (χ1) is 13.9. The molecule has 0 unspecified atom stereocenters. The highest BCUT2D eigenvalue weighted by atomic mass is 32.2. The van der Waals surface area contributed by atoms with Crippen molar-refractivity contribution in [1.29, 1.82) is 0 Å². The molecular formula is C22H25NO5S. The van der Waals surface area contributed by atoms with E-state index in [2.05, 4.69) is 0 Å². The third-order valence-electron chi connectivity index (χ3n) is 5.08. The number of benzene rings is 2. The van der Waals surface area contributed by atoms with Gasteiger partial charge in [-0.2, -0.15) is 0 Å². The van der Waals surface area contributed by atoms with Crippen LogP contribution in [0.3, 0.4) is 0 Å². The van der Waals surface area contributed by atoms with Gasteiger partial charge in [0.15, 0.2) is 16.4 Å². The minimum Gasteiger partial charge on any atom is -0.455 e. The lowest BCUT2D eigenvalue weighted by Gasteiger charge is -2.26. The number of rotatable bonds is 7. The maximum absolute atomic E-state index is 12.4. The van der Waals surface area contributed by atoms with Crippen LogP contribution in [0.2, 0.25) is 0 Å². The standard InChI is InChI=1S/C22H25NO5S/c1-2-23(20-12-13-29(26,27)16-20)21(24)15-28-22(25)14-17-8-10-19(11-9-17)18-6-4-3-5-7-18/h3-11,20H,2,12-16H2,1H3/t20-/m0/s1. The average Bonchev–Trinajstić information content (AvgIpc) is 3.07. The molecule has 29 heavy (non-hydrogen) atoms. The molecule has 0 saturated carbocycles. The molecule has 0 radical (unpaired) electrons. The van der Waals surface area contributed by atoms with E-state index in [1.807, 2.05) is 54.6 Å². The number of carbonyl (C=O) groups excluding carboxylic acids is 2. The van der Waals surface area contributed by atoms with Crippen molar-refractivity contribution in [3.8, 4) is 11.1 Å². The number of esters is 1. The van der Waals surface area contributed by atoms with E-state index in [9.17, 15) is 18.0 Å². The monoisotopic (exact) mass is 415 g/mol. The molecule has 1 saturated heterocycles. The molecule has 1 aliphatic rings. The van der Waals surface area contributed by atoms with Crippen LogP contribution < -0.4 is 0 Å². The summed E-state index contributed by atoms with van der Waals surface area (Å²) in [6.45, 7) is 1.81. The van der Waals surface area contributed by atoms with Crippen LogP contribution in [0.5, 0.6) is 0 Å². The second-order valence-corrected chi connectivity index (χ2v) is 9.37.